The standard InChI is InChI=1S/C24H27NO2/c1-3-22(27-23-15-7-13-20-12-4-5-14-21(20)23)24(26)25-16-8-11-19-10-6-9-18(2)17-19/h4-7,9-10,12-15,17,22H,3,8,11,16H2,1-2H3,(H,25,26). The van der Waals surface area contributed by atoms with Crippen molar-refractivity contribution in [1.82, 2.24) is 5.32 Å². The van der Waals surface area contributed by atoms with E-state index in [4.69, 9.17) is 4.74 Å². The van der Waals surface area contributed by atoms with Crippen LogP contribution in [0.1, 0.15) is 30.9 Å². The summed E-state index contributed by atoms with van der Waals surface area (Å²) in [7, 11) is 0. The minimum atomic E-state index is -0.477. The summed E-state index contributed by atoms with van der Waals surface area (Å²) in [6, 6.07) is 22.5. The fraction of sp³-hybridized carbons (Fsp3) is 0.292. The van der Waals surface area contributed by atoms with Gasteiger partial charge < -0.3 is 10.1 Å². The smallest absolute Gasteiger partial charge is 0.261 e. The van der Waals surface area contributed by atoms with Crippen LogP contribution in [0.4, 0.5) is 0 Å². The monoisotopic (exact) mass is 361 g/mol. The Morgan fingerprint density at radius 1 is 1.04 bits per heavy atom. The van der Waals surface area contributed by atoms with Gasteiger partial charge in [0, 0.05) is 11.9 Å². The van der Waals surface area contributed by atoms with Gasteiger partial charge in [0.2, 0.25) is 0 Å². The van der Waals surface area contributed by atoms with Crippen molar-refractivity contribution >= 4 is 16.7 Å². The molecule has 1 amide bonds. The van der Waals surface area contributed by atoms with Crippen molar-refractivity contribution in [2.24, 2.45) is 0 Å². The zero-order chi connectivity index (χ0) is 19.1. The normalized spacial score (nSPS) is 11.9. The number of nitrogens with one attached hydrogen (secondary N) is 1. The molecule has 0 fully saturated rings. The van der Waals surface area contributed by atoms with Crippen LogP contribution in [-0.2, 0) is 11.2 Å². The van der Waals surface area contributed by atoms with E-state index in [-0.39, 0.29) is 5.91 Å². The molecule has 140 valence electrons. The summed E-state index contributed by atoms with van der Waals surface area (Å²) in [5.74, 6) is 0.713. The molecule has 3 nitrogen and oxygen atoms in total. The van der Waals surface area contributed by atoms with Crippen LogP contribution in [0.3, 0.4) is 0 Å². The Morgan fingerprint density at radius 2 is 1.81 bits per heavy atom. The number of aryl methyl sites for hydroxylation is 2. The summed E-state index contributed by atoms with van der Waals surface area (Å²) in [6.07, 6.45) is 2.03. The van der Waals surface area contributed by atoms with Crippen LogP contribution in [0, 0.1) is 6.92 Å². The Kier molecular flexibility index (Phi) is 6.48. The first-order valence-electron chi connectivity index (χ1n) is 9.65. The molecule has 0 bridgehead atoms. The average Bonchev–Trinajstić information content (AvgIpc) is 2.69. The highest BCUT2D eigenvalue weighted by atomic mass is 16.5. The molecule has 3 aromatic rings. The van der Waals surface area contributed by atoms with Crippen molar-refractivity contribution in [2.75, 3.05) is 6.54 Å². The summed E-state index contributed by atoms with van der Waals surface area (Å²) in [4.78, 5) is 12.5. The van der Waals surface area contributed by atoms with Crippen LogP contribution < -0.4 is 10.1 Å². The molecule has 27 heavy (non-hydrogen) atoms. The van der Waals surface area contributed by atoms with Crippen LogP contribution in [0.15, 0.2) is 66.7 Å². The summed E-state index contributed by atoms with van der Waals surface area (Å²) >= 11 is 0. The number of benzene rings is 3. The molecule has 0 aromatic heterocycles. The lowest BCUT2D eigenvalue weighted by molar-refractivity contribution is -0.128. The first-order chi connectivity index (χ1) is 13.2. The Balaban J connectivity index is 1.54. The lowest BCUT2D eigenvalue weighted by Gasteiger charge is -2.18. The van der Waals surface area contributed by atoms with Crippen molar-refractivity contribution in [3.05, 3.63) is 77.9 Å². The summed E-state index contributed by atoms with van der Waals surface area (Å²) in [6.45, 7) is 4.73. The number of rotatable bonds is 8. The van der Waals surface area contributed by atoms with Gasteiger partial charge in [-0.3, -0.25) is 4.79 Å². The minimum absolute atomic E-state index is 0.0466. The molecule has 0 aliphatic heterocycles. The topological polar surface area (TPSA) is 38.3 Å². The summed E-state index contributed by atoms with van der Waals surface area (Å²) in [5.41, 5.74) is 2.58. The second-order valence-electron chi connectivity index (χ2n) is 6.88. The van der Waals surface area contributed by atoms with Gasteiger partial charge in [-0.15, -0.1) is 0 Å². The molecule has 1 unspecified atom stereocenters. The van der Waals surface area contributed by atoms with Gasteiger partial charge in [-0.05, 0) is 43.2 Å². The maximum atomic E-state index is 12.5. The summed E-state index contributed by atoms with van der Waals surface area (Å²) < 4.78 is 6.06. The molecule has 3 rings (SSSR count). The largest absolute Gasteiger partial charge is 0.480 e. The number of carbonyl (C=O) groups is 1. The number of fused-ring (bicyclic) bond motifs is 1. The highest BCUT2D eigenvalue weighted by molar-refractivity contribution is 5.89. The second kappa shape index (κ2) is 9.22. The van der Waals surface area contributed by atoms with E-state index in [2.05, 4.69) is 48.6 Å². The lowest BCUT2D eigenvalue weighted by Crippen LogP contribution is -2.38. The SMILES string of the molecule is CCC(Oc1cccc2ccccc12)C(=O)NCCCc1cccc(C)c1. The van der Waals surface area contributed by atoms with Crippen LogP contribution in [0.25, 0.3) is 10.8 Å². The van der Waals surface area contributed by atoms with E-state index in [0.29, 0.717) is 13.0 Å². The third-order valence-electron chi connectivity index (χ3n) is 4.71. The number of hydrogen-bond donors (Lipinski definition) is 1. The molecular weight excluding hydrogens is 334 g/mol. The van der Waals surface area contributed by atoms with Gasteiger partial charge in [0.25, 0.3) is 5.91 Å². The molecule has 3 heteroatoms. The number of hydrogen-bond acceptors (Lipinski definition) is 2. The van der Waals surface area contributed by atoms with Gasteiger partial charge in [0.1, 0.15) is 5.75 Å². The molecule has 0 spiro atoms. The third kappa shape index (κ3) is 5.10. The average molecular weight is 361 g/mol. The van der Waals surface area contributed by atoms with Crippen molar-refractivity contribution in [3.8, 4) is 5.75 Å². The number of amides is 1. The lowest BCUT2D eigenvalue weighted by atomic mass is 10.1. The molecular formula is C24H27NO2. The fourth-order valence-electron chi connectivity index (χ4n) is 3.26. The summed E-state index contributed by atoms with van der Waals surface area (Å²) in [5, 5.41) is 5.17. The predicted molar refractivity (Wildman–Crippen MR) is 111 cm³/mol. The predicted octanol–water partition coefficient (Wildman–Crippen LogP) is 5.05. The first-order valence-corrected chi connectivity index (χ1v) is 9.65. The quantitative estimate of drug-likeness (QED) is 0.570. The zero-order valence-corrected chi connectivity index (χ0v) is 16.1. The molecule has 3 aromatic carbocycles. The molecule has 0 aliphatic rings. The van der Waals surface area contributed by atoms with E-state index in [1.54, 1.807) is 0 Å². The molecule has 0 saturated carbocycles. The first kappa shape index (κ1) is 19.0. The van der Waals surface area contributed by atoms with Gasteiger partial charge in [-0.25, -0.2) is 0 Å². The Morgan fingerprint density at radius 3 is 2.63 bits per heavy atom. The minimum Gasteiger partial charge on any atom is -0.480 e. The Bertz CT molecular complexity index is 898. The van der Waals surface area contributed by atoms with Gasteiger partial charge in [0.05, 0.1) is 0 Å². The second-order valence-corrected chi connectivity index (χ2v) is 6.88. The highest BCUT2D eigenvalue weighted by Crippen LogP contribution is 2.26. The van der Waals surface area contributed by atoms with E-state index < -0.39 is 6.10 Å². The molecule has 0 heterocycles. The van der Waals surface area contributed by atoms with Crippen LogP contribution in [-0.4, -0.2) is 18.6 Å². The van der Waals surface area contributed by atoms with Gasteiger partial charge in [-0.1, -0.05) is 73.2 Å². The van der Waals surface area contributed by atoms with E-state index in [0.717, 1.165) is 29.4 Å². The van der Waals surface area contributed by atoms with Gasteiger partial charge in [0.15, 0.2) is 6.10 Å². The van der Waals surface area contributed by atoms with Gasteiger partial charge in [-0.2, -0.15) is 0 Å². The molecule has 1 N–H and O–H groups in total. The van der Waals surface area contributed by atoms with Crippen molar-refractivity contribution in [1.29, 1.82) is 0 Å². The number of carbonyl (C=O) groups excluding carboxylic acids is 1. The van der Waals surface area contributed by atoms with E-state index in [9.17, 15) is 4.79 Å². The van der Waals surface area contributed by atoms with Gasteiger partial charge >= 0.3 is 0 Å². The molecule has 0 saturated heterocycles. The molecule has 1 atom stereocenters. The maximum Gasteiger partial charge on any atom is 0.261 e. The van der Waals surface area contributed by atoms with E-state index in [1.165, 1.54) is 11.1 Å². The Hall–Kier alpha value is -2.81. The van der Waals surface area contributed by atoms with E-state index >= 15 is 0 Å². The van der Waals surface area contributed by atoms with Crippen molar-refractivity contribution in [3.63, 3.8) is 0 Å². The van der Waals surface area contributed by atoms with Crippen LogP contribution in [0.5, 0.6) is 5.75 Å². The Labute approximate surface area is 161 Å². The van der Waals surface area contributed by atoms with Crippen molar-refractivity contribution < 1.29 is 9.53 Å². The van der Waals surface area contributed by atoms with E-state index in [1.807, 2.05) is 37.3 Å². The van der Waals surface area contributed by atoms with Crippen LogP contribution in [0.2, 0.25) is 0 Å². The number of ether oxygens (including phenoxy) is 1. The zero-order valence-electron chi connectivity index (χ0n) is 16.1. The van der Waals surface area contributed by atoms with Crippen LogP contribution >= 0.6 is 0 Å². The maximum absolute atomic E-state index is 12.5. The highest BCUT2D eigenvalue weighted by Gasteiger charge is 2.18. The molecule has 0 radical (unpaired) electrons. The van der Waals surface area contributed by atoms with Crippen molar-refractivity contribution in [2.45, 2.75) is 39.2 Å². The third-order valence-corrected chi connectivity index (χ3v) is 4.71. The molecule has 0 aliphatic carbocycles. The fourth-order valence-corrected chi connectivity index (χ4v) is 3.26.